The Morgan fingerprint density at radius 2 is 1.46 bits per heavy atom. The summed E-state index contributed by atoms with van der Waals surface area (Å²) in [6.07, 6.45) is -1.41. The van der Waals surface area contributed by atoms with Gasteiger partial charge >= 0.3 is 12.1 Å². The van der Waals surface area contributed by atoms with E-state index in [1.54, 1.807) is 27.7 Å². The van der Waals surface area contributed by atoms with Crippen LogP contribution in [-0.2, 0) is 19.1 Å². The minimum absolute atomic E-state index is 0.109. The normalized spacial score (nSPS) is 15.9. The first kappa shape index (κ1) is 26.2. The number of ether oxygens (including phenoxy) is 2. The molecule has 8 heteroatoms. The third-order valence-electron chi connectivity index (χ3n) is 6.65. The van der Waals surface area contributed by atoms with Gasteiger partial charge in [-0.1, -0.05) is 62.4 Å². The van der Waals surface area contributed by atoms with Crippen LogP contribution in [0.4, 0.5) is 4.79 Å². The number of hydrogen-bond acceptors (Lipinski definition) is 5. The molecule has 188 valence electrons. The van der Waals surface area contributed by atoms with Gasteiger partial charge < -0.3 is 25.2 Å². The molecule has 0 spiro atoms. The summed E-state index contributed by atoms with van der Waals surface area (Å²) in [7, 11) is 1.43. The second-order valence-corrected chi connectivity index (χ2v) is 9.29. The van der Waals surface area contributed by atoms with Crippen LogP contribution in [0.5, 0.6) is 0 Å². The summed E-state index contributed by atoms with van der Waals surface area (Å²) in [4.78, 5) is 37.3. The summed E-state index contributed by atoms with van der Waals surface area (Å²) < 4.78 is 10.9. The molecule has 0 fully saturated rings. The topological polar surface area (TPSA) is 114 Å². The van der Waals surface area contributed by atoms with Gasteiger partial charge in [0, 0.05) is 19.1 Å². The molecule has 0 bridgehead atoms. The zero-order valence-corrected chi connectivity index (χ0v) is 20.8. The molecule has 3 N–H and O–H groups in total. The van der Waals surface area contributed by atoms with Gasteiger partial charge in [0.05, 0.1) is 12.0 Å². The second kappa shape index (κ2) is 11.4. The number of benzene rings is 2. The first-order valence-electron chi connectivity index (χ1n) is 11.8. The lowest BCUT2D eigenvalue weighted by Gasteiger charge is -2.28. The average Bonchev–Trinajstić information content (AvgIpc) is 3.13. The highest BCUT2D eigenvalue weighted by Crippen LogP contribution is 2.44. The molecular formula is C27H34N2O6. The lowest BCUT2D eigenvalue weighted by Crippen LogP contribution is -2.56. The predicted octanol–water partition coefficient (Wildman–Crippen LogP) is 3.79. The van der Waals surface area contributed by atoms with Gasteiger partial charge in [0.1, 0.15) is 12.6 Å². The minimum Gasteiger partial charge on any atom is -0.481 e. The number of carbonyl (C=O) groups is 3. The van der Waals surface area contributed by atoms with E-state index in [1.165, 1.54) is 7.11 Å². The van der Waals surface area contributed by atoms with Gasteiger partial charge in [0.15, 0.2) is 0 Å². The van der Waals surface area contributed by atoms with E-state index in [2.05, 4.69) is 22.8 Å². The number of carboxylic acid groups (broad SMARTS) is 1. The molecule has 2 amide bonds. The number of methoxy groups -OCH3 is 1. The molecule has 1 aliphatic carbocycles. The highest BCUT2D eigenvalue weighted by molar-refractivity contribution is 5.87. The maximum Gasteiger partial charge on any atom is 0.407 e. The minimum atomic E-state index is -1.06. The third kappa shape index (κ3) is 5.82. The molecule has 2 unspecified atom stereocenters. The van der Waals surface area contributed by atoms with Crippen molar-refractivity contribution in [3.8, 4) is 11.1 Å². The van der Waals surface area contributed by atoms with Crippen LogP contribution < -0.4 is 10.6 Å². The van der Waals surface area contributed by atoms with Crippen molar-refractivity contribution >= 4 is 18.0 Å². The lowest BCUT2D eigenvalue weighted by molar-refractivity contribution is -0.144. The maximum atomic E-state index is 13.0. The van der Waals surface area contributed by atoms with E-state index >= 15 is 0 Å². The number of alkyl carbamates (subject to hydrolysis) is 1. The summed E-state index contributed by atoms with van der Waals surface area (Å²) >= 11 is 0. The van der Waals surface area contributed by atoms with Crippen LogP contribution in [-0.4, -0.2) is 55.0 Å². The van der Waals surface area contributed by atoms with Crippen LogP contribution in [0.2, 0.25) is 0 Å². The van der Waals surface area contributed by atoms with E-state index in [1.807, 2.05) is 36.4 Å². The molecule has 4 atom stereocenters. The molecule has 0 saturated heterocycles. The fraction of sp³-hybridized carbons (Fsp3) is 0.444. The summed E-state index contributed by atoms with van der Waals surface area (Å²) in [6, 6.07) is 14.3. The Balaban J connectivity index is 1.67. The Bertz CT molecular complexity index is 1020. The zero-order chi connectivity index (χ0) is 25.7. The summed E-state index contributed by atoms with van der Waals surface area (Å²) in [5.41, 5.74) is 4.41. The van der Waals surface area contributed by atoms with Crippen LogP contribution in [0.1, 0.15) is 44.7 Å². The first-order chi connectivity index (χ1) is 16.6. The van der Waals surface area contributed by atoms with E-state index < -0.39 is 42.1 Å². The molecule has 0 saturated carbocycles. The number of amides is 2. The van der Waals surface area contributed by atoms with E-state index in [9.17, 15) is 19.5 Å². The van der Waals surface area contributed by atoms with Crippen molar-refractivity contribution < 1.29 is 29.0 Å². The second-order valence-electron chi connectivity index (χ2n) is 9.29. The number of hydrogen-bond donors (Lipinski definition) is 3. The van der Waals surface area contributed by atoms with Gasteiger partial charge in [0.2, 0.25) is 5.91 Å². The van der Waals surface area contributed by atoms with Crippen molar-refractivity contribution in [2.75, 3.05) is 13.7 Å². The van der Waals surface area contributed by atoms with Gasteiger partial charge in [0.25, 0.3) is 0 Å². The average molecular weight is 483 g/mol. The summed E-state index contributed by atoms with van der Waals surface area (Å²) in [6.45, 7) is 6.96. The number of aliphatic carboxylic acids is 1. The third-order valence-corrected chi connectivity index (χ3v) is 6.65. The molecule has 0 radical (unpaired) electrons. The standard InChI is InChI=1S/C27H34N2O6/c1-15(2)23(26(31)32)16(3)28-25(30)24(17(4)34-5)29-27(33)35-14-22-20-12-8-6-10-18(20)19-11-7-9-13-21(19)22/h6-13,15-17,22-24H,14H2,1-5H3,(H,28,30)(H,29,33)(H,31,32)/t16?,17-,23?,24+/m1/s1. The van der Waals surface area contributed by atoms with Crippen LogP contribution in [0, 0.1) is 11.8 Å². The molecule has 2 aromatic carbocycles. The van der Waals surface area contributed by atoms with Gasteiger partial charge in [-0.25, -0.2) is 4.79 Å². The number of nitrogens with one attached hydrogen (secondary N) is 2. The number of carbonyl (C=O) groups excluding carboxylic acids is 2. The van der Waals surface area contributed by atoms with Crippen molar-refractivity contribution in [2.24, 2.45) is 11.8 Å². The molecule has 8 nitrogen and oxygen atoms in total. The summed E-state index contributed by atoms with van der Waals surface area (Å²) in [5.74, 6) is -2.59. The zero-order valence-electron chi connectivity index (χ0n) is 20.8. The van der Waals surface area contributed by atoms with Crippen LogP contribution in [0.25, 0.3) is 11.1 Å². The fourth-order valence-corrected chi connectivity index (χ4v) is 4.78. The van der Waals surface area contributed by atoms with Gasteiger partial charge in [-0.3, -0.25) is 9.59 Å². The Kier molecular flexibility index (Phi) is 8.51. The van der Waals surface area contributed by atoms with E-state index in [0.29, 0.717) is 0 Å². The van der Waals surface area contributed by atoms with Crippen molar-refractivity contribution in [3.05, 3.63) is 59.7 Å². The molecule has 0 aromatic heterocycles. The van der Waals surface area contributed by atoms with Crippen molar-refractivity contribution in [2.45, 2.75) is 51.8 Å². The van der Waals surface area contributed by atoms with E-state index in [0.717, 1.165) is 22.3 Å². The SMILES string of the molecule is CO[C@H](C)[C@H](NC(=O)OCC1c2ccccc2-c2ccccc21)C(=O)NC(C)C(C(=O)O)C(C)C. The Labute approximate surface area is 206 Å². The fourth-order valence-electron chi connectivity index (χ4n) is 4.78. The van der Waals surface area contributed by atoms with Crippen LogP contribution in [0.3, 0.4) is 0 Å². The highest BCUT2D eigenvalue weighted by atomic mass is 16.5. The van der Waals surface area contributed by atoms with E-state index in [4.69, 9.17) is 9.47 Å². The predicted molar refractivity (Wildman–Crippen MR) is 132 cm³/mol. The van der Waals surface area contributed by atoms with Gasteiger partial charge in [-0.15, -0.1) is 0 Å². The first-order valence-corrected chi connectivity index (χ1v) is 11.8. The monoisotopic (exact) mass is 482 g/mol. The highest BCUT2D eigenvalue weighted by Gasteiger charge is 2.34. The van der Waals surface area contributed by atoms with Crippen molar-refractivity contribution in [1.82, 2.24) is 10.6 Å². The molecule has 0 aliphatic heterocycles. The molecule has 35 heavy (non-hydrogen) atoms. The molecule has 1 aliphatic rings. The Morgan fingerprint density at radius 1 is 0.914 bits per heavy atom. The van der Waals surface area contributed by atoms with E-state index in [-0.39, 0.29) is 18.4 Å². The molecule has 3 rings (SSSR count). The van der Waals surface area contributed by atoms with Crippen molar-refractivity contribution in [1.29, 1.82) is 0 Å². The van der Waals surface area contributed by atoms with Crippen LogP contribution >= 0.6 is 0 Å². The number of rotatable bonds is 10. The quantitative estimate of drug-likeness (QED) is 0.475. The van der Waals surface area contributed by atoms with Crippen molar-refractivity contribution in [3.63, 3.8) is 0 Å². The largest absolute Gasteiger partial charge is 0.481 e. The van der Waals surface area contributed by atoms with Gasteiger partial charge in [-0.05, 0) is 42.0 Å². The maximum absolute atomic E-state index is 13.0. The molecule has 2 aromatic rings. The molecular weight excluding hydrogens is 448 g/mol. The van der Waals surface area contributed by atoms with Crippen LogP contribution in [0.15, 0.2) is 48.5 Å². The lowest BCUT2D eigenvalue weighted by atomic mass is 9.89. The summed E-state index contributed by atoms with van der Waals surface area (Å²) in [5, 5.41) is 14.8. The number of carboxylic acids is 1. The Morgan fingerprint density at radius 3 is 1.94 bits per heavy atom. The Hall–Kier alpha value is -3.39. The smallest absolute Gasteiger partial charge is 0.407 e. The molecule has 0 heterocycles. The van der Waals surface area contributed by atoms with Gasteiger partial charge in [-0.2, -0.15) is 0 Å². The number of fused-ring (bicyclic) bond motifs is 3.